The average Bonchev–Trinajstić information content (AvgIpc) is 2.77. The molecule has 8 heteroatoms. The highest BCUT2D eigenvalue weighted by molar-refractivity contribution is 5.88. The summed E-state index contributed by atoms with van der Waals surface area (Å²) in [6.07, 6.45) is 7.62. The molecule has 0 aromatic rings. The van der Waals surface area contributed by atoms with Gasteiger partial charge >= 0.3 is 0 Å². The molecule has 0 atom stereocenters. The summed E-state index contributed by atoms with van der Waals surface area (Å²) in [7, 11) is 0. The van der Waals surface area contributed by atoms with Crippen molar-refractivity contribution in [3.05, 3.63) is 50.6 Å². The van der Waals surface area contributed by atoms with Gasteiger partial charge in [-0.1, -0.05) is 26.3 Å². The van der Waals surface area contributed by atoms with Crippen LogP contribution in [-0.4, -0.2) is 72.7 Å². The fraction of sp³-hybridized carbons (Fsp3) is 0.455. The van der Waals surface area contributed by atoms with Gasteiger partial charge in [0.05, 0.1) is 0 Å². The summed E-state index contributed by atoms with van der Waals surface area (Å²) in [5.74, 6) is -0.826. The predicted octanol–water partition coefficient (Wildman–Crippen LogP) is 1.18. The van der Waals surface area contributed by atoms with Gasteiger partial charge in [0.2, 0.25) is 23.6 Å². The van der Waals surface area contributed by atoms with Gasteiger partial charge < -0.3 is 20.4 Å². The van der Waals surface area contributed by atoms with Crippen molar-refractivity contribution in [1.82, 2.24) is 20.4 Å². The van der Waals surface area contributed by atoms with Gasteiger partial charge in [0, 0.05) is 39.3 Å². The van der Waals surface area contributed by atoms with Crippen molar-refractivity contribution in [2.75, 3.05) is 39.3 Å². The number of hydrogen-bond donors (Lipinski definition) is 2. The second-order valence-corrected chi connectivity index (χ2v) is 6.46. The molecule has 8 nitrogen and oxygen atoms in total. The molecule has 0 rings (SSSR count). The zero-order valence-electron chi connectivity index (χ0n) is 17.7. The number of unbranched alkanes of at least 4 members (excludes halogenated alkanes) is 1. The van der Waals surface area contributed by atoms with E-state index in [-0.39, 0.29) is 23.6 Å². The van der Waals surface area contributed by atoms with Gasteiger partial charge in [-0.15, -0.1) is 0 Å². The minimum absolute atomic E-state index is 0.168. The fourth-order valence-corrected chi connectivity index (χ4v) is 2.64. The van der Waals surface area contributed by atoms with Crippen LogP contribution in [0.5, 0.6) is 0 Å². The van der Waals surface area contributed by atoms with E-state index in [2.05, 4.69) is 36.9 Å². The van der Waals surface area contributed by atoms with Gasteiger partial charge in [-0.25, -0.2) is 0 Å². The van der Waals surface area contributed by atoms with Crippen molar-refractivity contribution in [1.29, 1.82) is 0 Å². The molecule has 0 aromatic heterocycles. The Morgan fingerprint density at radius 1 is 0.567 bits per heavy atom. The third kappa shape index (κ3) is 12.3. The van der Waals surface area contributed by atoms with Crippen LogP contribution in [-0.2, 0) is 19.2 Å². The van der Waals surface area contributed by atoms with E-state index in [1.807, 2.05) is 0 Å². The molecule has 0 aromatic carbocycles. The van der Waals surface area contributed by atoms with Crippen molar-refractivity contribution in [2.45, 2.75) is 25.7 Å². The van der Waals surface area contributed by atoms with Gasteiger partial charge in [-0.3, -0.25) is 19.2 Å². The molecular weight excluding hydrogens is 384 g/mol. The molecule has 0 unspecified atom stereocenters. The van der Waals surface area contributed by atoms with Gasteiger partial charge in [0.1, 0.15) is 0 Å². The maximum atomic E-state index is 12.1. The summed E-state index contributed by atoms with van der Waals surface area (Å²) in [5, 5.41) is 5.36. The van der Waals surface area contributed by atoms with Crippen LogP contribution in [0.1, 0.15) is 25.7 Å². The number of amides is 4. The Labute approximate surface area is 179 Å². The molecule has 4 amide bonds. The summed E-state index contributed by atoms with van der Waals surface area (Å²) < 4.78 is 0. The van der Waals surface area contributed by atoms with E-state index < -0.39 is 0 Å². The first-order valence-electron chi connectivity index (χ1n) is 10.0. The summed E-state index contributed by atoms with van der Waals surface area (Å²) in [6.45, 7) is 16.8. The molecule has 0 spiro atoms. The molecule has 0 heterocycles. The topological polar surface area (TPSA) is 98.8 Å². The van der Waals surface area contributed by atoms with Crippen LogP contribution in [0, 0.1) is 0 Å². The molecule has 0 saturated carbocycles. The lowest BCUT2D eigenvalue weighted by Crippen LogP contribution is -2.37. The quantitative estimate of drug-likeness (QED) is 0.274. The third-order valence-electron chi connectivity index (χ3n) is 4.26. The first-order valence-corrected chi connectivity index (χ1v) is 10.0. The predicted molar refractivity (Wildman–Crippen MR) is 118 cm³/mol. The smallest absolute Gasteiger partial charge is 0.245 e. The van der Waals surface area contributed by atoms with Crippen molar-refractivity contribution in [3.63, 3.8) is 0 Å². The highest BCUT2D eigenvalue weighted by atomic mass is 16.2. The zero-order chi connectivity index (χ0) is 22.8. The fourth-order valence-electron chi connectivity index (χ4n) is 2.64. The van der Waals surface area contributed by atoms with Crippen LogP contribution in [0.2, 0.25) is 0 Å². The molecule has 0 fully saturated rings. The SMILES string of the molecule is C=CC(=O)NCCCCN(CCCN(CCCNC(=O)C=C)C(=O)C=C)C(=O)C=C. The van der Waals surface area contributed by atoms with Gasteiger partial charge in [-0.2, -0.15) is 0 Å². The van der Waals surface area contributed by atoms with E-state index in [1.54, 1.807) is 9.80 Å². The average molecular weight is 419 g/mol. The minimum Gasteiger partial charge on any atom is -0.353 e. The van der Waals surface area contributed by atoms with Crippen LogP contribution >= 0.6 is 0 Å². The second-order valence-electron chi connectivity index (χ2n) is 6.46. The molecule has 0 bridgehead atoms. The maximum absolute atomic E-state index is 12.1. The maximum Gasteiger partial charge on any atom is 0.245 e. The standard InChI is InChI=1S/C22H34N4O4/c1-5-19(27)23-13-9-10-15-25(21(29)7-3)17-12-18-26(22(30)8-4)16-11-14-24-20(28)6-2/h5-8H,1-4,9-18H2,(H,23,27)(H,24,28). The van der Waals surface area contributed by atoms with E-state index in [4.69, 9.17) is 0 Å². The Morgan fingerprint density at radius 3 is 1.40 bits per heavy atom. The van der Waals surface area contributed by atoms with E-state index >= 15 is 0 Å². The van der Waals surface area contributed by atoms with Crippen LogP contribution < -0.4 is 10.6 Å². The Bertz CT molecular complexity index is 631. The number of nitrogens with zero attached hydrogens (tertiary/aromatic N) is 2. The summed E-state index contributed by atoms with van der Waals surface area (Å²) >= 11 is 0. The number of hydrogen-bond acceptors (Lipinski definition) is 4. The van der Waals surface area contributed by atoms with Crippen molar-refractivity contribution in [2.24, 2.45) is 0 Å². The van der Waals surface area contributed by atoms with Crippen LogP contribution in [0.3, 0.4) is 0 Å². The Hall–Kier alpha value is -3.16. The minimum atomic E-state index is -0.251. The summed E-state index contributed by atoms with van der Waals surface area (Å²) in [4.78, 5) is 49.7. The van der Waals surface area contributed by atoms with Crippen molar-refractivity contribution >= 4 is 23.6 Å². The third-order valence-corrected chi connectivity index (χ3v) is 4.26. The molecule has 0 radical (unpaired) electrons. The summed E-state index contributed by atoms with van der Waals surface area (Å²) in [6, 6.07) is 0. The molecule has 2 N–H and O–H groups in total. The Kier molecular flexibility index (Phi) is 15.0. The lowest BCUT2D eigenvalue weighted by molar-refractivity contribution is -0.127. The number of rotatable bonds is 17. The number of carbonyl (C=O) groups excluding carboxylic acids is 4. The number of nitrogens with one attached hydrogen (secondary N) is 2. The van der Waals surface area contributed by atoms with E-state index in [0.717, 1.165) is 12.8 Å². The van der Waals surface area contributed by atoms with Gasteiger partial charge in [0.15, 0.2) is 0 Å². The van der Waals surface area contributed by atoms with Crippen LogP contribution in [0.4, 0.5) is 0 Å². The van der Waals surface area contributed by atoms with E-state index in [1.165, 1.54) is 24.3 Å². The normalized spacial score (nSPS) is 9.73. The highest BCUT2D eigenvalue weighted by Gasteiger charge is 2.13. The molecule has 166 valence electrons. The van der Waals surface area contributed by atoms with Crippen molar-refractivity contribution < 1.29 is 19.2 Å². The molecule has 0 saturated heterocycles. The first kappa shape index (κ1) is 26.8. The molecular formula is C22H34N4O4. The lowest BCUT2D eigenvalue weighted by Gasteiger charge is -2.25. The highest BCUT2D eigenvalue weighted by Crippen LogP contribution is 2.02. The monoisotopic (exact) mass is 418 g/mol. The Balaban J connectivity index is 4.44. The first-order chi connectivity index (χ1) is 14.4. The van der Waals surface area contributed by atoms with Crippen LogP contribution in [0.15, 0.2) is 50.6 Å². The van der Waals surface area contributed by atoms with Crippen LogP contribution in [0.25, 0.3) is 0 Å². The molecule has 0 aliphatic heterocycles. The molecule has 30 heavy (non-hydrogen) atoms. The second kappa shape index (κ2) is 16.8. The van der Waals surface area contributed by atoms with Gasteiger partial charge in [-0.05, 0) is 50.0 Å². The zero-order valence-corrected chi connectivity index (χ0v) is 17.7. The summed E-state index contributed by atoms with van der Waals surface area (Å²) in [5.41, 5.74) is 0. The van der Waals surface area contributed by atoms with E-state index in [0.29, 0.717) is 52.1 Å². The molecule has 0 aliphatic carbocycles. The Morgan fingerprint density at radius 2 is 0.967 bits per heavy atom. The number of carbonyl (C=O) groups is 4. The van der Waals surface area contributed by atoms with Crippen molar-refractivity contribution in [3.8, 4) is 0 Å². The van der Waals surface area contributed by atoms with Gasteiger partial charge in [0.25, 0.3) is 0 Å². The largest absolute Gasteiger partial charge is 0.353 e. The lowest BCUT2D eigenvalue weighted by atomic mass is 10.2. The van der Waals surface area contributed by atoms with E-state index in [9.17, 15) is 19.2 Å². The molecule has 0 aliphatic rings.